The highest BCUT2D eigenvalue weighted by Crippen LogP contribution is 1.45. The fourth-order valence-corrected chi connectivity index (χ4v) is 0.336. The minimum atomic E-state index is -0.534. The second kappa shape index (κ2) is 2.17. The first-order valence-corrected chi connectivity index (χ1v) is 2.20. The number of nitrogens with one attached hydrogen (secondary N) is 1. The zero-order valence-electron chi connectivity index (χ0n) is 4.37. The van der Waals surface area contributed by atoms with E-state index in [1.54, 1.807) is 0 Å². The average Bonchev–Trinajstić information content (AvgIpc) is 1.97. The second-order valence-corrected chi connectivity index (χ2v) is 1.33. The summed E-state index contributed by atoms with van der Waals surface area (Å²) in [7, 11) is 0. The third-order valence-corrected chi connectivity index (χ3v) is 0.659. The van der Waals surface area contributed by atoms with Crippen LogP contribution in [0.1, 0.15) is 0 Å². The van der Waals surface area contributed by atoms with Crippen molar-refractivity contribution in [1.82, 2.24) is 15.2 Å². The van der Waals surface area contributed by atoms with Gasteiger partial charge in [0.15, 0.2) is 0 Å². The van der Waals surface area contributed by atoms with Crippen molar-refractivity contribution >= 4 is 0 Å². The summed E-state index contributed by atoms with van der Waals surface area (Å²) in [4.78, 5) is 23.8. The lowest BCUT2D eigenvalue weighted by Gasteiger charge is -1.59. The normalized spacial score (nSPS) is 8.89. The SMILES string of the molecule is O=c1cn[nH]c(=O)cn1. The van der Waals surface area contributed by atoms with Crippen LogP contribution in [0.5, 0.6) is 0 Å². The van der Waals surface area contributed by atoms with Crippen LogP contribution in [0.4, 0.5) is 0 Å². The number of rotatable bonds is 0. The van der Waals surface area contributed by atoms with Gasteiger partial charge in [-0.25, -0.2) is 10.1 Å². The third-order valence-electron chi connectivity index (χ3n) is 0.659. The summed E-state index contributed by atoms with van der Waals surface area (Å²) in [6.45, 7) is 0. The number of aromatic amines is 1. The third kappa shape index (κ3) is 1.45. The van der Waals surface area contributed by atoms with E-state index in [2.05, 4.69) is 10.1 Å². The van der Waals surface area contributed by atoms with E-state index in [9.17, 15) is 9.59 Å². The van der Waals surface area contributed by atoms with Crippen LogP contribution in [0.15, 0.2) is 22.0 Å². The Morgan fingerprint density at radius 2 is 2.11 bits per heavy atom. The monoisotopic (exact) mass is 125 g/mol. The molecule has 1 aromatic heterocycles. The molecule has 0 aliphatic carbocycles. The van der Waals surface area contributed by atoms with Gasteiger partial charge in [0.1, 0.15) is 6.20 Å². The zero-order valence-corrected chi connectivity index (χ0v) is 4.37. The first kappa shape index (κ1) is 5.61. The molecule has 0 radical (unpaired) electrons. The molecule has 0 spiro atoms. The van der Waals surface area contributed by atoms with Crippen molar-refractivity contribution < 1.29 is 0 Å². The molecular weight excluding hydrogens is 122 g/mol. The molecule has 1 aromatic rings. The van der Waals surface area contributed by atoms with Gasteiger partial charge >= 0.3 is 0 Å². The predicted octanol–water partition coefficient (Wildman–Crippen LogP) is -1.47. The Hall–Kier alpha value is -1.52. The Bertz CT molecular complexity index is 275. The van der Waals surface area contributed by atoms with E-state index in [1.807, 2.05) is 5.10 Å². The van der Waals surface area contributed by atoms with Gasteiger partial charge in [0.05, 0.1) is 6.20 Å². The van der Waals surface area contributed by atoms with Crippen LogP contribution in [0, 0.1) is 0 Å². The van der Waals surface area contributed by atoms with Crippen LogP contribution in [-0.4, -0.2) is 15.2 Å². The van der Waals surface area contributed by atoms with Crippen molar-refractivity contribution in [2.24, 2.45) is 0 Å². The molecule has 5 heteroatoms. The molecule has 0 bridgehead atoms. The summed E-state index contributed by atoms with van der Waals surface area (Å²) in [5.74, 6) is 0. The van der Waals surface area contributed by atoms with Gasteiger partial charge in [0, 0.05) is 0 Å². The molecule has 0 saturated heterocycles. The highest BCUT2D eigenvalue weighted by atomic mass is 16.1. The smallest absolute Gasteiger partial charge is 0.266 e. The summed E-state index contributed by atoms with van der Waals surface area (Å²) in [6.07, 6.45) is 1.82. The minimum Gasteiger partial charge on any atom is -0.266 e. The van der Waals surface area contributed by atoms with E-state index < -0.39 is 11.1 Å². The Morgan fingerprint density at radius 1 is 1.33 bits per heavy atom. The van der Waals surface area contributed by atoms with Crippen molar-refractivity contribution in [3.63, 3.8) is 0 Å². The topological polar surface area (TPSA) is 75.7 Å². The zero-order chi connectivity index (χ0) is 6.69. The van der Waals surface area contributed by atoms with E-state index in [-0.39, 0.29) is 0 Å². The van der Waals surface area contributed by atoms with Gasteiger partial charge < -0.3 is 0 Å². The first-order chi connectivity index (χ1) is 4.29. The van der Waals surface area contributed by atoms with E-state index in [0.717, 1.165) is 12.4 Å². The molecule has 0 atom stereocenters. The standard InChI is InChI=1S/C4H3N3O2/c8-3-2-6-7-4(9)1-5-3/h1-2H,(H,7,9). The number of H-pyrrole nitrogens is 1. The van der Waals surface area contributed by atoms with Gasteiger partial charge in [-0.1, -0.05) is 0 Å². The number of hydrogen-bond acceptors (Lipinski definition) is 4. The van der Waals surface area contributed by atoms with E-state index in [4.69, 9.17) is 0 Å². The summed E-state index contributed by atoms with van der Waals surface area (Å²) in [5.41, 5.74) is -1.02. The molecule has 0 fully saturated rings. The van der Waals surface area contributed by atoms with Crippen LogP contribution < -0.4 is 11.1 Å². The van der Waals surface area contributed by atoms with E-state index >= 15 is 0 Å². The molecule has 0 unspecified atom stereocenters. The van der Waals surface area contributed by atoms with Crippen molar-refractivity contribution in [1.29, 1.82) is 0 Å². The molecule has 0 saturated carbocycles. The largest absolute Gasteiger partial charge is 0.290 e. The lowest BCUT2D eigenvalue weighted by molar-refractivity contribution is 1.01. The summed E-state index contributed by atoms with van der Waals surface area (Å²) in [6, 6.07) is 0. The molecule has 0 aromatic carbocycles. The second-order valence-electron chi connectivity index (χ2n) is 1.33. The first-order valence-electron chi connectivity index (χ1n) is 2.20. The number of nitrogens with zero attached hydrogens (tertiary/aromatic N) is 2. The Balaban J connectivity index is 3.51. The lowest BCUT2D eigenvalue weighted by Crippen LogP contribution is -2.01. The van der Waals surface area contributed by atoms with Crippen LogP contribution in [0.3, 0.4) is 0 Å². The maximum absolute atomic E-state index is 10.3. The van der Waals surface area contributed by atoms with Crippen LogP contribution >= 0.6 is 0 Å². The van der Waals surface area contributed by atoms with Gasteiger partial charge in [0.2, 0.25) is 0 Å². The fraction of sp³-hybridized carbons (Fsp3) is 0. The highest BCUT2D eigenvalue weighted by molar-refractivity contribution is 4.70. The molecule has 46 valence electrons. The maximum atomic E-state index is 10.3. The van der Waals surface area contributed by atoms with Crippen molar-refractivity contribution in [2.75, 3.05) is 0 Å². The number of hydrogen-bond donors (Lipinski definition) is 1. The summed E-state index contributed by atoms with van der Waals surface area (Å²) >= 11 is 0. The van der Waals surface area contributed by atoms with Crippen LogP contribution in [0.25, 0.3) is 0 Å². The van der Waals surface area contributed by atoms with Crippen LogP contribution in [-0.2, 0) is 0 Å². The quantitative estimate of drug-likeness (QED) is 0.459. The summed E-state index contributed by atoms with van der Waals surface area (Å²) < 4.78 is 0. The van der Waals surface area contributed by atoms with Gasteiger partial charge in [-0.05, 0) is 0 Å². The average molecular weight is 125 g/mol. The molecule has 9 heavy (non-hydrogen) atoms. The van der Waals surface area contributed by atoms with Crippen LogP contribution in [0.2, 0.25) is 0 Å². The van der Waals surface area contributed by atoms with Gasteiger partial charge in [-0.3, -0.25) is 9.59 Å². The molecule has 0 aliphatic heterocycles. The van der Waals surface area contributed by atoms with Gasteiger partial charge in [-0.15, -0.1) is 0 Å². The molecule has 1 N–H and O–H groups in total. The molecule has 1 heterocycles. The number of aromatic nitrogens is 3. The Labute approximate surface area is 49.4 Å². The molecular formula is C4H3N3O2. The van der Waals surface area contributed by atoms with E-state index in [0.29, 0.717) is 0 Å². The summed E-state index contributed by atoms with van der Waals surface area (Å²) in [5, 5.41) is 5.27. The maximum Gasteiger partial charge on any atom is 0.290 e. The minimum absolute atomic E-state index is 0.489. The lowest BCUT2D eigenvalue weighted by atomic mass is 10.8. The van der Waals surface area contributed by atoms with Gasteiger partial charge in [0.25, 0.3) is 11.1 Å². The van der Waals surface area contributed by atoms with Gasteiger partial charge in [-0.2, -0.15) is 5.10 Å². The van der Waals surface area contributed by atoms with Crippen molar-refractivity contribution in [3.05, 3.63) is 33.1 Å². The fourth-order valence-electron chi connectivity index (χ4n) is 0.336. The molecule has 5 nitrogen and oxygen atoms in total. The predicted molar refractivity (Wildman–Crippen MR) is 28.9 cm³/mol. The van der Waals surface area contributed by atoms with Crippen molar-refractivity contribution in [2.45, 2.75) is 0 Å². The molecule has 0 aliphatic rings. The molecule has 0 amide bonds. The highest BCUT2D eigenvalue weighted by Gasteiger charge is 1.78. The Morgan fingerprint density at radius 3 is 2.89 bits per heavy atom. The molecule has 1 rings (SSSR count). The Kier molecular flexibility index (Phi) is 1.35. The van der Waals surface area contributed by atoms with E-state index in [1.165, 1.54) is 0 Å². The van der Waals surface area contributed by atoms with Crippen molar-refractivity contribution in [3.8, 4) is 0 Å².